The molecule has 1 aromatic carbocycles. The van der Waals surface area contributed by atoms with Gasteiger partial charge in [-0.15, -0.1) is 0 Å². The Bertz CT molecular complexity index is 650. The number of nitrogens with zero attached hydrogens (tertiary/aromatic N) is 2. The predicted octanol–water partition coefficient (Wildman–Crippen LogP) is 2.40. The molecule has 0 saturated carbocycles. The summed E-state index contributed by atoms with van der Waals surface area (Å²) in [5.74, 6) is 2.45. The summed E-state index contributed by atoms with van der Waals surface area (Å²) in [6.45, 7) is 1.40. The lowest BCUT2D eigenvalue weighted by molar-refractivity contribution is 0.464. The molecule has 0 bridgehead atoms. The maximum atomic E-state index is 12.0. The molecule has 2 aromatic rings. The Balaban J connectivity index is 1.64. The molecule has 2 heterocycles. The maximum absolute atomic E-state index is 12.0. The van der Waals surface area contributed by atoms with E-state index in [9.17, 15) is 4.79 Å². The fourth-order valence-corrected chi connectivity index (χ4v) is 3.75. The van der Waals surface area contributed by atoms with Gasteiger partial charge in [-0.05, 0) is 24.7 Å². The molecule has 1 atom stereocenters. The van der Waals surface area contributed by atoms with Crippen LogP contribution in [0.25, 0.3) is 11.3 Å². The molecule has 22 heavy (non-hydrogen) atoms. The quantitative estimate of drug-likeness (QED) is 0.920. The van der Waals surface area contributed by atoms with E-state index < -0.39 is 0 Å². The molecule has 1 aromatic heterocycles. The Labute approximate surface area is 134 Å². The first-order chi connectivity index (χ1) is 10.8. The summed E-state index contributed by atoms with van der Waals surface area (Å²) >= 11 is 2.01. The molecule has 1 aliphatic rings. The molecule has 0 amide bonds. The fraction of sp³-hybridized carbons (Fsp3) is 0.412. The van der Waals surface area contributed by atoms with Crippen LogP contribution < -0.4 is 10.9 Å². The lowest BCUT2D eigenvalue weighted by Crippen LogP contribution is -2.37. The summed E-state index contributed by atoms with van der Waals surface area (Å²) in [6.07, 6.45) is 2.52. The van der Waals surface area contributed by atoms with Gasteiger partial charge in [0.05, 0.1) is 12.2 Å². The van der Waals surface area contributed by atoms with E-state index in [0.29, 0.717) is 12.6 Å². The third kappa shape index (κ3) is 3.99. The Morgan fingerprint density at radius 2 is 2.09 bits per heavy atom. The van der Waals surface area contributed by atoms with Crippen molar-refractivity contribution in [3.8, 4) is 11.3 Å². The molecule has 1 fully saturated rings. The van der Waals surface area contributed by atoms with Crippen molar-refractivity contribution in [1.29, 1.82) is 0 Å². The minimum atomic E-state index is -0.0421. The van der Waals surface area contributed by atoms with Gasteiger partial charge in [0.15, 0.2) is 0 Å². The highest BCUT2D eigenvalue weighted by molar-refractivity contribution is 7.99. The highest BCUT2D eigenvalue weighted by Crippen LogP contribution is 2.16. The first-order valence-electron chi connectivity index (χ1n) is 7.78. The number of aromatic nitrogens is 2. The average molecular weight is 315 g/mol. The van der Waals surface area contributed by atoms with E-state index in [-0.39, 0.29) is 5.56 Å². The van der Waals surface area contributed by atoms with Crippen molar-refractivity contribution >= 4 is 11.8 Å². The number of hydrogen-bond acceptors (Lipinski definition) is 4. The fourth-order valence-electron chi connectivity index (χ4n) is 2.65. The van der Waals surface area contributed by atoms with E-state index in [4.69, 9.17) is 0 Å². The van der Waals surface area contributed by atoms with Gasteiger partial charge in [0.1, 0.15) is 0 Å². The summed E-state index contributed by atoms with van der Waals surface area (Å²) in [4.78, 5) is 12.0. The van der Waals surface area contributed by atoms with Gasteiger partial charge in [-0.2, -0.15) is 16.9 Å². The van der Waals surface area contributed by atoms with Crippen molar-refractivity contribution in [3.63, 3.8) is 0 Å². The van der Waals surface area contributed by atoms with Crippen molar-refractivity contribution in [2.24, 2.45) is 0 Å². The van der Waals surface area contributed by atoms with E-state index in [1.807, 2.05) is 42.1 Å². The second-order valence-corrected chi connectivity index (χ2v) is 6.66. The minimum absolute atomic E-state index is 0.0421. The smallest absolute Gasteiger partial charge is 0.266 e. The standard InChI is InChI=1S/C17H21N3OS/c21-17-9-8-16(14-5-2-1-3-6-14)19-20(17)11-10-18-15-7-4-12-22-13-15/h1-3,5-6,8-9,15,18H,4,7,10-13H2/t15-/m1/s1. The Morgan fingerprint density at radius 1 is 1.23 bits per heavy atom. The highest BCUT2D eigenvalue weighted by Gasteiger charge is 2.12. The maximum Gasteiger partial charge on any atom is 0.266 e. The minimum Gasteiger partial charge on any atom is -0.311 e. The molecule has 116 valence electrons. The second-order valence-electron chi connectivity index (χ2n) is 5.51. The third-order valence-electron chi connectivity index (χ3n) is 3.85. The Hall–Kier alpha value is -1.59. The zero-order valence-corrected chi connectivity index (χ0v) is 13.4. The predicted molar refractivity (Wildman–Crippen MR) is 92.3 cm³/mol. The lowest BCUT2D eigenvalue weighted by atomic mass is 10.1. The van der Waals surface area contributed by atoms with Crippen molar-refractivity contribution < 1.29 is 0 Å². The number of nitrogens with one attached hydrogen (secondary N) is 1. The van der Waals surface area contributed by atoms with Gasteiger partial charge in [0.2, 0.25) is 0 Å². The summed E-state index contributed by atoms with van der Waals surface area (Å²) in [6, 6.07) is 13.9. The largest absolute Gasteiger partial charge is 0.311 e. The van der Waals surface area contributed by atoms with Gasteiger partial charge in [-0.1, -0.05) is 30.3 Å². The first-order valence-corrected chi connectivity index (χ1v) is 8.93. The van der Waals surface area contributed by atoms with Gasteiger partial charge in [-0.3, -0.25) is 4.79 Å². The monoisotopic (exact) mass is 315 g/mol. The normalized spacial score (nSPS) is 18.3. The number of thioether (sulfide) groups is 1. The second kappa shape index (κ2) is 7.61. The van der Waals surface area contributed by atoms with Crippen LogP contribution in [0.2, 0.25) is 0 Å². The molecule has 3 rings (SSSR count). The molecular formula is C17H21N3OS. The number of hydrogen-bond donors (Lipinski definition) is 1. The Morgan fingerprint density at radius 3 is 2.86 bits per heavy atom. The van der Waals surface area contributed by atoms with Crippen LogP contribution in [0.4, 0.5) is 0 Å². The first kappa shape index (κ1) is 15.3. The third-order valence-corrected chi connectivity index (χ3v) is 5.07. The van der Waals surface area contributed by atoms with Crippen LogP contribution in [0, 0.1) is 0 Å². The number of benzene rings is 1. The van der Waals surface area contributed by atoms with Gasteiger partial charge < -0.3 is 5.32 Å². The molecule has 0 spiro atoms. The highest BCUT2D eigenvalue weighted by atomic mass is 32.2. The van der Waals surface area contributed by atoms with Gasteiger partial charge in [-0.25, -0.2) is 4.68 Å². The van der Waals surface area contributed by atoms with Crippen molar-refractivity contribution in [2.75, 3.05) is 18.1 Å². The van der Waals surface area contributed by atoms with Crippen LogP contribution in [0.3, 0.4) is 0 Å². The van der Waals surface area contributed by atoms with Crippen molar-refractivity contribution in [3.05, 3.63) is 52.8 Å². The van der Waals surface area contributed by atoms with E-state index in [2.05, 4.69) is 10.4 Å². The van der Waals surface area contributed by atoms with E-state index in [1.165, 1.54) is 24.3 Å². The molecule has 1 N–H and O–H groups in total. The van der Waals surface area contributed by atoms with Crippen LogP contribution in [-0.2, 0) is 6.54 Å². The summed E-state index contributed by atoms with van der Waals surface area (Å²) in [5, 5.41) is 8.02. The van der Waals surface area contributed by atoms with Gasteiger partial charge in [0, 0.05) is 30.0 Å². The van der Waals surface area contributed by atoms with Crippen LogP contribution >= 0.6 is 11.8 Å². The number of rotatable bonds is 5. The molecule has 1 saturated heterocycles. The zero-order valence-electron chi connectivity index (χ0n) is 12.6. The van der Waals surface area contributed by atoms with Gasteiger partial charge in [0.25, 0.3) is 5.56 Å². The van der Waals surface area contributed by atoms with Crippen LogP contribution in [0.15, 0.2) is 47.3 Å². The molecule has 5 heteroatoms. The van der Waals surface area contributed by atoms with Crippen molar-refractivity contribution in [1.82, 2.24) is 15.1 Å². The van der Waals surface area contributed by atoms with Crippen LogP contribution in [0.5, 0.6) is 0 Å². The molecule has 4 nitrogen and oxygen atoms in total. The van der Waals surface area contributed by atoms with Crippen molar-refractivity contribution in [2.45, 2.75) is 25.4 Å². The lowest BCUT2D eigenvalue weighted by Gasteiger charge is -2.22. The zero-order chi connectivity index (χ0) is 15.2. The molecule has 0 radical (unpaired) electrons. The SMILES string of the molecule is O=c1ccc(-c2ccccc2)nn1CCN[C@@H]1CCCSC1. The Kier molecular flexibility index (Phi) is 5.29. The average Bonchev–Trinajstić information content (AvgIpc) is 2.58. The van der Waals surface area contributed by atoms with Crippen LogP contribution in [0.1, 0.15) is 12.8 Å². The summed E-state index contributed by atoms with van der Waals surface area (Å²) in [7, 11) is 0. The molecular weight excluding hydrogens is 294 g/mol. The van der Waals surface area contributed by atoms with E-state index in [0.717, 1.165) is 17.8 Å². The van der Waals surface area contributed by atoms with Gasteiger partial charge >= 0.3 is 0 Å². The van der Waals surface area contributed by atoms with E-state index in [1.54, 1.807) is 16.8 Å². The molecule has 0 aliphatic carbocycles. The molecule has 1 aliphatic heterocycles. The van der Waals surface area contributed by atoms with E-state index >= 15 is 0 Å². The molecule has 0 unspecified atom stereocenters. The summed E-state index contributed by atoms with van der Waals surface area (Å²) < 4.78 is 1.56. The summed E-state index contributed by atoms with van der Waals surface area (Å²) in [5.41, 5.74) is 1.83. The van der Waals surface area contributed by atoms with Crippen LogP contribution in [-0.4, -0.2) is 33.9 Å². The topological polar surface area (TPSA) is 46.9 Å².